The Morgan fingerprint density at radius 1 is 0.745 bits per heavy atom. The summed E-state index contributed by atoms with van der Waals surface area (Å²) < 4.78 is 22.1. The largest absolute Gasteiger partial charge is 0.394 e. The van der Waals surface area contributed by atoms with E-state index in [0.29, 0.717) is 6.42 Å². The van der Waals surface area contributed by atoms with Gasteiger partial charge in [0.25, 0.3) is 0 Å². The zero-order valence-corrected chi connectivity index (χ0v) is 27.5. The lowest BCUT2D eigenvalue weighted by molar-refractivity contribution is -0.359. The first kappa shape index (κ1) is 41.4. The van der Waals surface area contributed by atoms with Gasteiger partial charge in [0, 0.05) is 6.42 Å². The Labute approximate surface area is 277 Å². The maximum Gasteiger partial charge on any atom is 0.220 e. The number of hydrogen-bond acceptors (Lipinski definition) is 13. The standard InChI is InChI=1S/C33H57NO13/c1-3-5-6-7-8-9-10-11-12-13-14-15-16-17-22(37)21(34-25(38)4-2)20-44-32-30(43)28(41)31(24(19-36)46-32)47-33-29(42)27(40)26(39)23(18-35)45-33/h8-9,12-13,16-17,21-24,26-33,35-37,39-43H,3-7,10-11,14-15,18-20H2,1-2H3,(H,34,38)/b9-8+,13-12+,17-16+. The van der Waals surface area contributed by atoms with Crippen molar-refractivity contribution in [3.05, 3.63) is 36.5 Å². The van der Waals surface area contributed by atoms with E-state index in [2.05, 4.69) is 36.5 Å². The van der Waals surface area contributed by atoms with Gasteiger partial charge in [-0.25, -0.2) is 0 Å². The van der Waals surface area contributed by atoms with Crippen LogP contribution < -0.4 is 5.32 Å². The minimum absolute atomic E-state index is 0.149. The van der Waals surface area contributed by atoms with Crippen LogP contribution in [0.15, 0.2) is 36.5 Å². The van der Waals surface area contributed by atoms with Gasteiger partial charge in [-0.3, -0.25) is 4.79 Å². The summed E-state index contributed by atoms with van der Waals surface area (Å²) >= 11 is 0. The average Bonchev–Trinajstić information content (AvgIpc) is 3.07. The molecule has 0 aromatic carbocycles. The Morgan fingerprint density at radius 3 is 1.91 bits per heavy atom. The van der Waals surface area contributed by atoms with Gasteiger partial charge in [0.05, 0.1) is 32.0 Å². The molecule has 0 saturated carbocycles. The molecule has 47 heavy (non-hydrogen) atoms. The summed E-state index contributed by atoms with van der Waals surface area (Å²) in [6, 6.07) is -0.929. The van der Waals surface area contributed by atoms with Crippen molar-refractivity contribution < 1.29 is 64.6 Å². The van der Waals surface area contributed by atoms with E-state index >= 15 is 0 Å². The Hall–Kier alpha value is -1.79. The molecule has 0 bridgehead atoms. The second-order valence-corrected chi connectivity index (χ2v) is 11.9. The summed E-state index contributed by atoms with van der Waals surface area (Å²) in [6.07, 6.45) is 3.34. The molecular formula is C33H57NO13. The molecule has 2 saturated heterocycles. The minimum atomic E-state index is -1.79. The smallest absolute Gasteiger partial charge is 0.220 e. The third-order valence-electron chi connectivity index (χ3n) is 8.12. The number of aliphatic hydroxyl groups is 8. The summed E-state index contributed by atoms with van der Waals surface area (Å²) in [5.41, 5.74) is 0. The molecule has 0 spiro atoms. The van der Waals surface area contributed by atoms with Crippen LogP contribution in [0.1, 0.15) is 71.6 Å². The number of allylic oxidation sites excluding steroid dienone is 5. The molecule has 2 heterocycles. The van der Waals surface area contributed by atoms with E-state index in [1.165, 1.54) is 19.3 Å². The van der Waals surface area contributed by atoms with Gasteiger partial charge in [-0.1, -0.05) is 63.1 Å². The van der Waals surface area contributed by atoms with Crippen molar-refractivity contribution in [2.24, 2.45) is 0 Å². The second-order valence-electron chi connectivity index (χ2n) is 11.9. The zero-order valence-electron chi connectivity index (χ0n) is 27.5. The Kier molecular flexibility index (Phi) is 20.0. The monoisotopic (exact) mass is 675 g/mol. The molecule has 12 unspecified atom stereocenters. The van der Waals surface area contributed by atoms with Gasteiger partial charge in [-0.15, -0.1) is 0 Å². The SMILES string of the molecule is CCCCC/C=C/CC/C=C/CC/C=C/C(O)C(COC1OC(CO)C(OC2OC(CO)C(O)C(O)C2O)C(O)C1O)NC(=O)CC. The van der Waals surface area contributed by atoms with Crippen molar-refractivity contribution in [3.8, 4) is 0 Å². The van der Waals surface area contributed by atoms with Crippen LogP contribution >= 0.6 is 0 Å². The van der Waals surface area contributed by atoms with Gasteiger partial charge in [-0.2, -0.15) is 0 Å². The van der Waals surface area contributed by atoms with Gasteiger partial charge in [-0.05, 0) is 38.5 Å². The highest BCUT2D eigenvalue weighted by Gasteiger charge is 2.50. The van der Waals surface area contributed by atoms with E-state index in [1.54, 1.807) is 19.1 Å². The average molecular weight is 676 g/mol. The Bertz CT molecular complexity index is 945. The van der Waals surface area contributed by atoms with Crippen LogP contribution in [0.2, 0.25) is 0 Å². The fourth-order valence-corrected chi connectivity index (χ4v) is 5.16. The van der Waals surface area contributed by atoms with Crippen molar-refractivity contribution in [1.29, 1.82) is 0 Å². The summed E-state index contributed by atoms with van der Waals surface area (Å²) in [5.74, 6) is -0.347. The number of carbonyl (C=O) groups excluding carboxylic acids is 1. The van der Waals surface area contributed by atoms with Crippen LogP contribution in [0, 0.1) is 0 Å². The third-order valence-corrected chi connectivity index (χ3v) is 8.12. The lowest BCUT2D eigenvalue weighted by atomic mass is 9.97. The summed E-state index contributed by atoms with van der Waals surface area (Å²) in [6.45, 7) is 2.08. The number of ether oxygens (including phenoxy) is 4. The van der Waals surface area contributed by atoms with E-state index in [1.807, 2.05) is 0 Å². The molecule has 12 atom stereocenters. The number of aliphatic hydroxyl groups excluding tert-OH is 8. The molecule has 2 rings (SSSR count). The molecule has 14 nitrogen and oxygen atoms in total. The topological polar surface area (TPSA) is 228 Å². The van der Waals surface area contributed by atoms with Crippen LogP contribution in [0.5, 0.6) is 0 Å². The maximum atomic E-state index is 12.2. The highest BCUT2D eigenvalue weighted by Crippen LogP contribution is 2.29. The quantitative estimate of drug-likeness (QED) is 0.0563. The molecule has 9 N–H and O–H groups in total. The van der Waals surface area contributed by atoms with E-state index < -0.39 is 86.8 Å². The predicted octanol–water partition coefficient (Wildman–Crippen LogP) is -0.308. The van der Waals surface area contributed by atoms with Crippen molar-refractivity contribution in [2.75, 3.05) is 19.8 Å². The number of unbranched alkanes of at least 4 members (excludes halogenated alkanes) is 5. The summed E-state index contributed by atoms with van der Waals surface area (Å²) in [4.78, 5) is 12.2. The molecule has 2 aliphatic rings. The van der Waals surface area contributed by atoms with Crippen LogP contribution in [0.4, 0.5) is 0 Å². The fraction of sp³-hybridized carbons (Fsp3) is 0.788. The molecule has 1 amide bonds. The third kappa shape index (κ3) is 13.6. The Balaban J connectivity index is 1.90. The summed E-state index contributed by atoms with van der Waals surface area (Å²) in [7, 11) is 0. The predicted molar refractivity (Wildman–Crippen MR) is 171 cm³/mol. The number of nitrogens with one attached hydrogen (secondary N) is 1. The lowest BCUT2D eigenvalue weighted by Gasteiger charge is -2.46. The highest BCUT2D eigenvalue weighted by atomic mass is 16.7. The number of hydrogen-bond donors (Lipinski definition) is 9. The molecule has 2 fully saturated rings. The van der Waals surface area contributed by atoms with Gasteiger partial charge in [0.2, 0.25) is 5.91 Å². The number of rotatable bonds is 21. The number of amides is 1. The maximum absolute atomic E-state index is 12.2. The van der Waals surface area contributed by atoms with Crippen molar-refractivity contribution in [3.63, 3.8) is 0 Å². The first-order valence-corrected chi connectivity index (χ1v) is 16.7. The molecule has 14 heteroatoms. The number of carbonyl (C=O) groups is 1. The second kappa shape index (κ2) is 22.8. The van der Waals surface area contributed by atoms with Crippen molar-refractivity contribution >= 4 is 5.91 Å². The van der Waals surface area contributed by atoms with Crippen LogP contribution in [-0.2, 0) is 23.7 Å². The highest BCUT2D eigenvalue weighted by molar-refractivity contribution is 5.75. The van der Waals surface area contributed by atoms with Crippen molar-refractivity contribution in [1.82, 2.24) is 5.32 Å². The first-order valence-electron chi connectivity index (χ1n) is 16.7. The minimum Gasteiger partial charge on any atom is -0.394 e. The molecule has 0 aromatic heterocycles. The van der Waals surface area contributed by atoms with Gasteiger partial charge in [0.15, 0.2) is 12.6 Å². The molecule has 0 aliphatic carbocycles. The lowest BCUT2D eigenvalue weighted by Crippen LogP contribution is -2.65. The van der Waals surface area contributed by atoms with Crippen LogP contribution in [-0.4, -0.2) is 140 Å². The van der Waals surface area contributed by atoms with E-state index in [-0.39, 0.29) is 18.9 Å². The molecule has 272 valence electrons. The molecule has 0 radical (unpaired) electrons. The van der Waals surface area contributed by atoms with E-state index in [9.17, 15) is 45.6 Å². The zero-order chi connectivity index (χ0) is 34.8. The van der Waals surface area contributed by atoms with Crippen LogP contribution in [0.25, 0.3) is 0 Å². The van der Waals surface area contributed by atoms with Gasteiger partial charge < -0.3 is 65.1 Å². The normalized spacial score (nSPS) is 33.1. The van der Waals surface area contributed by atoms with Gasteiger partial charge in [0.1, 0.15) is 48.8 Å². The molecular weight excluding hydrogens is 618 g/mol. The summed E-state index contributed by atoms with van der Waals surface area (Å²) in [5, 5.41) is 84.7. The van der Waals surface area contributed by atoms with E-state index in [4.69, 9.17) is 18.9 Å². The van der Waals surface area contributed by atoms with Crippen LogP contribution in [0.3, 0.4) is 0 Å². The fourth-order valence-electron chi connectivity index (χ4n) is 5.16. The van der Waals surface area contributed by atoms with Crippen molar-refractivity contribution in [2.45, 2.75) is 145 Å². The first-order chi connectivity index (χ1) is 22.6. The Morgan fingerprint density at radius 2 is 1.32 bits per heavy atom. The molecule has 0 aromatic rings. The van der Waals surface area contributed by atoms with Gasteiger partial charge >= 0.3 is 0 Å². The molecule has 2 aliphatic heterocycles. The van der Waals surface area contributed by atoms with E-state index in [0.717, 1.165) is 25.7 Å².